The van der Waals surface area contributed by atoms with Gasteiger partial charge in [-0.3, -0.25) is 9.59 Å². The summed E-state index contributed by atoms with van der Waals surface area (Å²) in [5.74, 6) is 2.52. The average Bonchev–Trinajstić information content (AvgIpc) is 3.64. The fraction of sp³-hybridized carbons (Fsp3) is 0.625. The Hall–Kier alpha value is -2.25. The minimum atomic E-state index is -0.148. The number of hydrogen-bond acceptors (Lipinski definition) is 5. The third kappa shape index (κ3) is 5.06. The van der Waals surface area contributed by atoms with Crippen LogP contribution >= 0.6 is 11.8 Å². The van der Waals surface area contributed by atoms with Crippen molar-refractivity contribution in [2.75, 3.05) is 22.2 Å². The highest BCUT2D eigenvalue weighted by Gasteiger charge is 2.51. The molecule has 4 atom stereocenters. The maximum absolute atomic E-state index is 13.5. The highest BCUT2D eigenvalue weighted by atomic mass is 32.2. The van der Waals surface area contributed by atoms with E-state index in [0.717, 1.165) is 29.6 Å². The summed E-state index contributed by atoms with van der Waals surface area (Å²) in [6.07, 6.45) is 16.3. The number of anilines is 2. The van der Waals surface area contributed by atoms with Crippen LogP contribution in [-0.2, 0) is 4.79 Å². The van der Waals surface area contributed by atoms with Gasteiger partial charge in [-0.1, -0.05) is 44.6 Å². The maximum atomic E-state index is 13.5. The molecule has 2 aromatic rings. The van der Waals surface area contributed by atoms with Gasteiger partial charge in [0.15, 0.2) is 5.76 Å². The summed E-state index contributed by atoms with van der Waals surface area (Å²) in [5, 5.41) is 3.92. The first-order valence-corrected chi connectivity index (χ1v) is 16.1. The van der Waals surface area contributed by atoms with Gasteiger partial charge in [0.1, 0.15) is 0 Å². The Bertz CT molecular complexity index is 1170. The SMILES string of the molecule is CC(=O)N1c2ccc(C3CCC4(C5CCCCCCCC5)SCNC4C3)cc2N(C(=O)c2ccco2)C[C@@H]1C. The quantitative estimate of drug-likeness (QED) is 0.442. The second-order valence-corrected chi connectivity index (χ2v) is 13.6. The number of carbonyl (C=O) groups excluding carboxylic acids is 2. The normalized spacial score (nSPS) is 30.2. The highest BCUT2D eigenvalue weighted by Crippen LogP contribution is 2.55. The molecule has 1 aromatic carbocycles. The second-order valence-electron chi connectivity index (χ2n) is 12.2. The van der Waals surface area contributed by atoms with E-state index in [2.05, 4.69) is 35.3 Å². The molecule has 210 valence electrons. The summed E-state index contributed by atoms with van der Waals surface area (Å²) in [6.45, 7) is 4.06. The summed E-state index contributed by atoms with van der Waals surface area (Å²) >= 11 is 2.21. The van der Waals surface area contributed by atoms with E-state index in [0.29, 0.717) is 29.0 Å². The number of nitrogens with zero attached hydrogens (tertiary/aromatic N) is 2. The molecule has 3 heterocycles. The number of benzene rings is 1. The van der Waals surface area contributed by atoms with Crippen LogP contribution in [0.3, 0.4) is 0 Å². The molecule has 3 fully saturated rings. The first-order chi connectivity index (χ1) is 19.0. The van der Waals surface area contributed by atoms with Gasteiger partial charge in [0, 0.05) is 30.1 Å². The van der Waals surface area contributed by atoms with Crippen LogP contribution in [0.25, 0.3) is 0 Å². The van der Waals surface area contributed by atoms with Crippen molar-refractivity contribution in [3.8, 4) is 0 Å². The lowest BCUT2D eigenvalue weighted by molar-refractivity contribution is -0.117. The van der Waals surface area contributed by atoms with Crippen molar-refractivity contribution in [1.29, 1.82) is 0 Å². The van der Waals surface area contributed by atoms with Gasteiger partial charge in [-0.05, 0) is 80.7 Å². The fourth-order valence-corrected chi connectivity index (χ4v) is 9.68. The first kappa shape index (κ1) is 26.9. The van der Waals surface area contributed by atoms with Crippen LogP contribution in [0.5, 0.6) is 0 Å². The zero-order valence-electron chi connectivity index (χ0n) is 23.5. The third-order valence-corrected chi connectivity index (χ3v) is 11.6. The molecule has 1 N–H and O–H groups in total. The van der Waals surface area contributed by atoms with Gasteiger partial charge in [-0.25, -0.2) is 0 Å². The van der Waals surface area contributed by atoms with E-state index in [4.69, 9.17) is 4.42 Å². The number of hydrogen-bond donors (Lipinski definition) is 1. The summed E-state index contributed by atoms with van der Waals surface area (Å²) in [7, 11) is 0. The molecule has 0 bridgehead atoms. The van der Waals surface area contributed by atoms with Crippen molar-refractivity contribution < 1.29 is 14.0 Å². The molecular weight excluding hydrogens is 506 g/mol. The van der Waals surface area contributed by atoms with Gasteiger partial charge < -0.3 is 19.5 Å². The monoisotopic (exact) mass is 549 g/mol. The van der Waals surface area contributed by atoms with Crippen molar-refractivity contribution in [2.24, 2.45) is 5.92 Å². The molecule has 2 amide bonds. The molecule has 0 spiro atoms. The van der Waals surface area contributed by atoms with Crippen molar-refractivity contribution in [3.63, 3.8) is 0 Å². The average molecular weight is 550 g/mol. The Morgan fingerprint density at radius 3 is 2.51 bits per heavy atom. The molecule has 2 aliphatic carbocycles. The van der Waals surface area contributed by atoms with E-state index in [1.165, 1.54) is 69.8 Å². The van der Waals surface area contributed by atoms with E-state index in [1.54, 1.807) is 25.3 Å². The summed E-state index contributed by atoms with van der Waals surface area (Å²) in [5.41, 5.74) is 2.92. The summed E-state index contributed by atoms with van der Waals surface area (Å²) in [4.78, 5) is 29.8. The Morgan fingerprint density at radius 2 is 1.79 bits per heavy atom. The van der Waals surface area contributed by atoms with Crippen molar-refractivity contribution in [1.82, 2.24) is 5.32 Å². The van der Waals surface area contributed by atoms with Gasteiger partial charge in [-0.15, -0.1) is 11.8 Å². The minimum absolute atomic E-state index is 0.00577. The topological polar surface area (TPSA) is 65.8 Å². The predicted molar refractivity (Wildman–Crippen MR) is 159 cm³/mol. The molecule has 0 radical (unpaired) electrons. The lowest BCUT2D eigenvalue weighted by Gasteiger charge is -2.47. The molecule has 6 nitrogen and oxygen atoms in total. The molecule has 1 aromatic heterocycles. The Kier molecular flexibility index (Phi) is 7.82. The number of furan rings is 1. The predicted octanol–water partition coefficient (Wildman–Crippen LogP) is 7.10. The molecule has 7 heteroatoms. The molecule has 6 rings (SSSR count). The van der Waals surface area contributed by atoms with Gasteiger partial charge in [0.25, 0.3) is 5.91 Å². The number of nitrogens with one attached hydrogen (secondary N) is 1. The van der Waals surface area contributed by atoms with Crippen LogP contribution in [0.1, 0.15) is 107 Å². The first-order valence-electron chi connectivity index (χ1n) is 15.1. The van der Waals surface area contributed by atoms with Crippen LogP contribution in [0.2, 0.25) is 0 Å². The number of rotatable bonds is 3. The Labute approximate surface area is 237 Å². The van der Waals surface area contributed by atoms with Gasteiger partial charge in [0.05, 0.1) is 23.7 Å². The Morgan fingerprint density at radius 1 is 1.03 bits per heavy atom. The molecule has 39 heavy (non-hydrogen) atoms. The number of carbonyl (C=O) groups is 2. The van der Waals surface area contributed by atoms with Crippen LogP contribution < -0.4 is 15.1 Å². The minimum Gasteiger partial charge on any atom is -0.459 e. The lowest BCUT2D eigenvalue weighted by Crippen LogP contribution is -2.51. The third-order valence-electron chi connectivity index (χ3n) is 9.94. The maximum Gasteiger partial charge on any atom is 0.294 e. The lowest BCUT2D eigenvalue weighted by atomic mass is 9.68. The summed E-state index contributed by atoms with van der Waals surface area (Å²) in [6, 6.07) is 10.4. The molecular formula is C32H43N3O3S. The molecule has 2 aliphatic heterocycles. The fourth-order valence-electron chi connectivity index (χ4n) is 8.01. The molecule has 4 aliphatic rings. The summed E-state index contributed by atoms with van der Waals surface area (Å²) < 4.78 is 5.85. The smallest absolute Gasteiger partial charge is 0.294 e. The van der Waals surface area contributed by atoms with Crippen LogP contribution in [0.4, 0.5) is 11.4 Å². The van der Waals surface area contributed by atoms with Crippen molar-refractivity contribution >= 4 is 35.0 Å². The molecule has 2 saturated carbocycles. The number of fused-ring (bicyclic) bond motifs is 2. The highest BCUT2D eigenvalue weighted by molar-refractivity contribution is 8.00. The number of amides is 2. The van der Waals surface area contributed by atoms with Gasteiger partial charge >= 0.3 is 0 Å². The van der Waals surface area contributed by atoms with Crippen molar-refractivity contribution in [3.05, 3.63) is 47.9 Å². The van der Waals surface area contributed by atoms with E-state index >= 15 is 0 Å². The van der Waals surface area contributed by atoms with E-state index in [9.17, 15) is 9.59 Å². The zero-order valence-corrected chi connectivity index (χ0v) is 24.3. The standard InChI is InChI=1S/C32H43N3O3S/c1-22-20-34(31(37)29-12-9-17-38-29)28-18-24(13-14-27(28)35(22)23(2)36)25-15-16-32(30(19-25)33-21-39-32)26-10-7-5-3-4-6-8-11-26/h9,12-14,17-18,22,25-26,30,33H,3-8,10-11,15-16,19-21H2,1-2H3/t22-,25?,30?,32?/m0/s1. The number of thioether (sulfide) groups is 1. The molecule has 3 unspecified atom stereocenters. The van der Waals surface area contributed by atoms with E-state index in [1.807, 2.05) is 16.7 Å². The van der Waals surface area contributed by atoms with Crippen LogP contribution in [-0.4, -0.2) is 41.1 Å². The second kappa shape index (κ2) is 11.3. The van der Waals surface area contributed by atoms with Crippen LogP contribution in [0, 0.1) is 5.92 Å². The van der Waals surface area contributed by atoms with E-state index < -0.39 is 0 Å². The Balaban J connectivity index is 1.28. The van der Waals surface area contributed by atoms with Crippen LogP contribution in [0.15, 0.2) is 41.0 Å². The zero-order chi connectivity index (χ0) is 27.0. The van der Waals surface area contributed by atoms with Gasteiger partial charge in [0.2, 0.25) is 5.91 Å². The largest absolute Gasteiger partial charge is 0.459 e. The van der Waals surface area contributed by atoms with Gasteiger partial charge in [-0.2, -0.15) is 0 Å². The molecule has 1 saturated heterocycles. The van der Waals surface area contributed by atoms with Crippen molar-refractivity contribution in [2.45, 2.75) is 107 Å². The van der Waals surface area contributed by atoms with E-state index in [-0.39, 0.29) is 17.9 Å².